The molecule has 104 valence electrons. The third-order valence-corrected chi connectivity index (χ3v) is 5.89. The predicted octanol–water partition coefficient (Wildman–Crippen LogP) is 1.72. The van der Waals surface area contributed by atoms with Crippen molar-refractivity contribution in [3.8, 4) is 11.8 Å². The van der Waals surface area contributed by atoms with Gasteiger partial charge < -0.3 is 10.4 Å². The first-order valence-corrected chi connectivity index (χ1v) is 7.96. The van der Waals surface area contributed by atoms with Crippen LogP contribution in [-0.4, -0.2) is 22.6 Å². The van der Waals surface area contributed by atoms with Crippen LogP contribution in [0.1, 0.15) is 24.1 Å². The van der Waals surface area contributed by atoms with Gasteiger partial charge in [0.25, 0.3) is 0 Å². The molecule has 3 aliphatic carbocycles. The van der Waals surface area contributed by atoms with E-state index in [1.165, 1.54) is 30.6 Å². The Morgan fingerprint density at radius 2 is 2.20 bits per heavy atom. The van der Waals surface area contributed by atoms with Crippen LogP contribution in [0.3, 0.4) is 0 Å². The Balaban J connectivity index is 1.40. The summed E-state index contributed by atoms with van der Waals surface area (Å²) in [5, 5.41) is 12.2. The Morgan fingerprint density at radius 3 is 2.90 bits per heavy atom. The van der Waals surface area contributed by atoms with E-state index in [1.807, 2.05) is 0 Å². The molecule has 0 saturated heterocycles. The van der Waals surface area contributed by atoms with E-state index in [0.717, 1.165) is 16.7 Å². The molecule has 4 atom stereocenters. The lowest BCUT2D eigenvalue weighted by molar-refractivity contribution is -0.118. The number of thiazole rings is 1. The molecule has 4 nitrogen and oxygen atoms in total. The van der Waals surface area contributed by atoms with Gasteiger partial charge in [-0.1, -0.05) is 23.2 Å². The largest absolute Gasteiger partial charge is 0.384 e. The Kier molecular flexibility index (Phi) is 2.83. The molecule has 0 aromatic carbocycles. The van der Waals surface area contributed by atoms with Crippen molar-refractivity contribution in [3.05, 3.63) is 11.1 Å². The Labute approximate surface area is 121 Å². The minimum atomic E-state index is -0.159. The number of aliphatic hydroxyl groups is 1. The van der Waals surface area contributed by atoms with Gasteiger partial charge >= 0.3 is 0 Å². The quantitative estimate of drug-likeness (QED) is 0.815. The van der Waals surface area contributed by atoms with Gasteiger partial charge in [-0.3, -0.25) is 4.79 Å². The summed E-state index contributed by atoms with van der Waals surface area (Å²) in [6.07, 6.45) is 5.65. The number of nitrogens with one attached hydrogen (secondary N) is 1. The second kappa shape index (κ2) is 4.57. The molecule has 3 fully saturated rings. The van der Waals surface area contributed by atoms with Crippen LogP contribution in [0.25, 0.3) is 0 Å². The zero-order valence-electron chi connectivity index (χ0n) is 11.0. The Bertz CT molecular complexity index is 599. The molecule has 0 radical (unpaired) electrons. The lowest BCUT2D eigenvalue weighted by atomic mass is 10.0. The summed E-state index contributed by atoms with van der Waals surface area (Å²) in [5.74, 6) is 8.69. The molecule has 20 heavy (non-hydrogen) atoms. The van der Waals surface area contributed by atoms with E-state index in [2.05, 4.69) is 22.1 Å². The molecule has 5 heteroatoms. The van der Waals surface area contributed by atoms with Gasteiger partial charge in [-0.25, -0.2) is 4.98 Å². The Morgan fingerprint density at radius 1 is 1.45 bits per heavy atom. The number of hydrogen-bond acceptors (Lipinski definition) is 4. The molecule has 1 aromatic rings. The summed E-state index contributed by atoms with van der Waals surface area (Å²) >= 11 is 1.36. The number of hydrogen-bond donors (Lipinski definition) is 2. The number of nitrogens with zero attached hydrogens (tertiary/aromatic N) is 1. The summed E-state index contributed by atoms with van der Waals surface area (Å²) in [6, 6.07) is 0. The maximum atomic E-state index is 12.3. The number of rotatable bonds is 2. The molecule has 4 unspecified atom stereocenters. The van der Waals surface area contributed by atoms with Crippen molar-refractivity contribution in [2.24, 2.45) is 29.6 Å². The van der Waals surface area contributed by atoms with Gasteiger partial charge in [-0.15, -0.1) is 0 Å². The summed E-state index contributed by atoms with van der Waals surface area (Å²) in [4.78, 5) is 17.2. The number of carbonyl (C=O) groups is 1. The molecule has 3 aliphatic rings. The van der Waals surface area contributed by atoms with Crippen LogP contribution in [0.2, 0.25) is 0 Å². The smallest absolute Gasteiger partial charge is 0.229 e. The van der Waals surface area contributed by atoms with Gasteiger partial charge in [0.15, 0.2) is 5.13 Å². The monoisotopic (exact) mass is 288 g/mol. The second-order valence-corrected chi connectivity index (χ2v) is 7.02. The number of carbonyl (C=O) groups excluding carboxylic acids is 1. The number of fused-ring (bicyclic) bond motifs is 5. The van der Waals surface area contributed by atoms with Crippen molar-refractivity contribution in [1.82, 2.24) is 4.98 Å². The molecule has 2 bridgehead atoms. The van der Waals surface area contributed by atoms with E-state index < -0.39 is 0 Å². The van der Waals surface area contributed by atoms with Crippen LogP contribution in [0, 0.1) is 41.4 Å². The van der Waals surface area contributed by atoms with E-state index >= 15 is 0 Å². The maximum absolute atomic E-state index is 12.3. The zero-order chi connectivity index (χ0) is 13.7. The van der Waals surface area contributed by atoms with Crippen LogP contribution in [0.15, 0.2) is 6.20 Å². The first-order chi connectivity index (χ1) is 9.78. The molecular formula is C15H16N2O2S. The van der Waals surface area contributed by atoms with Gasteiger partial charge in [0.05, 0.1) is 11.1 Å². The predicted molar refractivity (Wildman–Crippen MR) is 76.0 cm³/mol. The molecule has 3 saturated carbocycles. The fourth-order valence-electron chi connectivity index (χ4n) is 4.38. The molecule has 2 N–H and O–H groups in total. The van der Waals surface area contributed by atoms with Crippen LogP contribution in [-0.2, 0) is 4.79 Å². The van der Waals surface area contributed by atoms with Gasteiger partial charge in [0.2, 0.25) is 5.91 Å². The normalized spacial score (nSPS) is 36.1. The average Bonchev–Trinajstić information content (AvgIpc) is 2.81. The number of amides is 1. The first-order valence-electron chi connectivity index (χ1n) is 7.14. The number of anilines is 1. The SMILES string of the molecule is O=C(Nc1ncc(C#CCO)s1)C1C2C3CCC(C3)C12. The summed E-state index contributed by atoms with van der Waals surface area (Å²) in [5.41, 5.74) is 0. The van der Waals surface area contributed by atoms with Crippen molar-refractivity contribution in [3.63, 3.8) is 0 Å². The lowest BCUT2D eigenvalue weighted by Crippen LogP contribution is -2.18. The first kappa shape index (κ1) is 12.4. The van der Waals surface area contributed by atoms with Crippen LogP contribution < -0.4 is 5.32 Å². The lowest BCUT2D eigenvalue weighted by Gasteiger charge is -2.07. The van der Waals surface area contributed by atoms with Gasteiger partial charge in [-0.2, -0.15) is 0 Å². The fraction of sp³-hybridized carbons (Fsp3) is 0.600. The molecule has 1 heterocycles. The highest BCUT2D eigenvalue weighted by atomic mass is 32.1. The highest BCUT2D eigenvalue weighted by Gasteiger charge is 2.67. The van der Waals surface area contributed by atoms with E-state index in [4.69, 9.17) is 5.11 Å². The number of aliphatic hydroxyl groups excluding tert-OH is 1. The topological polar surface area (TPSA) is 62.2 Å². The average molecular weight is 288 g/mol. The maximum Gasteiger partial charge on any atom is 0.229 e. The van der Waals surface area contributed by atoms with E-state index in [0.29, 0.717) is 17.0 Å². The third kappa shape index (κ3) is 1.87. The molecule has 1 amide bonds. The molecule has 4 rings (SSSR count). The van der Waals surface area contributed by atoms with E-state index in [1.54, 1.807) is 6.20 Å². The molecule has 0 aliphatic heterocycles. The van der Waals surface area contributed by atoms with Crippen LogP contribution in [0.5, 0.6) is 0 Å². The van der Waals surface area contributed by atoms with Crippen molar-refractivity contribution < 1.29 is 9.90 Å². The van der Waals surface area contributed by atoms with E-state index in [9.17, 15) is 4.79 Å². The summed E-state index contributed by atoms with van der Waals surface area (Å²) < 4.78 is 0. The second-order valence-electron chi connectivity index (χ2n) is 5.99. The van der Waals surface area contributed by atoms with E-state index in [-0.39, 0.29) is 18.4 Å². The van der Waals surface area contributed by atoms with Crippen molar-refractivity contribution in [1.29, 1.82) is 0 Å². The van der Waals surface area contributed by atoms with Crippen LogP contribution in [0.4, 0.5) is 5.13 Å². The summed E-state index contributed by atoms with van der Waals surface area (Å²) in [6.45, 7) is -0.159. The minimum absolute atomic E-state index is 0.146. The fourth-order valence-corrected chi connectivity index (χ4v) is 5.07. The number of aromatic nitrogens is 1. The van der Waals surface area contributed by atoms with Gasteiger partial charge in [0.1, 0.15) is 6.61 Å². The van der Waals surface area contributed by atoms with Crippen molar-refractivity contribution in [2.45, 2.75) is 19.3 Å². The molecular weight excluding hydrogens is 272 g/mol. The summed E-state index contributed by atoms with van der Waals surface area (Å²) in [7, 11) is 0. The third-order valence-electron chi connectivity index (χ3n) is 5.06. The minimum Gasteiger partial charge on any atom is -0.384 e. The molecule has 0 spiro atoms. The Hall–Kier alpha value is -1.38. The van der Waals surface area contributed by atoms with Gasteiger partial charge in [-0.05, 0) is 42.9 Å². The van der Waals surface area contributed by atoms with Crippen molar-refractivity contribution >= 4 is 22.4 Å². The highest BCUT2D eigenvalue weighted by Crippen LogP contribution is 2.69. The highest BCUT2D eigenvalue weighted by molar-refractivity contribution is 7.16. The van der Waals surface area contributed by atoms with Gasteiger partial charge in [0, 0.05) is 5.92 Å². The standard InChI is InChI=1S/C15H16N2O2S/c18-5-1-2-10-7-16-15(20-10)17-14(19)13-11-8-3-4-9(6-8)12(11)13/h7-9,11-13,18H,3-6H2,(H,16,17,19). The zero-order valence-corrected chi connectivity index (χ0v) is 11.8. The van der Waals surface area contributed by atoms with Crippen LogP contribution >= 0.6 is 11.3 Å². The molecule has 1 aromatic heterocycles. The van der Waals surface area contributed by atoms with Crippen molar-refractivity contribution in [2.75, 3.05) is 11.9 Å².